The van der Waals surface area contributed by atoms with Gasteiger partial charge in [0.25, 0.3) is 0 Å². The number of carbonyl (C=O) groups excluding carboxylic acids is 1. The fourth-order valence-electron chi connectivity index (χ4n) is 2.01. The maximum absolute atomic E-state index is 12.0. The molecule has 1 amide bonds. The third-order valence-electron chi connectivity index (χ3n) is 3.37. The standard InChI is InChI=1S/C11H18N4O/c1-6-7-8-9(15(5)13-7)14(4)11(2,3)10(16)12-8/h6H2,1-5H3,(H,12,16). The van der Waals surface area contributed by atoms with Crippen molar-refractivity contribution in [3.05, 3.63) is 5.69 Å². The number of amides is 1. The molecule has 1 N–H and O–H groups in total. The van der Waals surface area contributed by atoms with E-state index in [0.29, 0.717) is 0 Å². The van der Waals surface area contributed by atoms with Gasteiger partial charge in [-0.25, -0.2) is 0 Å². The molecular weight excluding hydrogens is 204 g/mol. The third kappa shape index (κ3) is 1.24. The van der Waals surface area contributed by atoms with Gasteiger partial charge in [0, 0.05) is 14.1 Å². The van der Waals surface area contributed by atoms with Crippen LogP contribution in [0.2, 0.25) is 0 Å². The van der Waals surface area contributed by atoms with Crippen LogP contribution >= 0.6 is 0 Å². The lowest BCUT2D eigenvalue weighted by Gasteiger charge is -2.39. The van der Waals surface area contributed by atoms with Crippen LogP contribution < -0.4 is 10.2 Å². The van der Waals surface area contributed by atoms with E-state index in [2.05, 4.69) is 10.4 Å². The second kappa shape index (κ2) is 3.23. The van der Waals surface area contributed by atoms with Crippen LogP contribution in [-0.2, 0) is 18.3 Å². The highest BCUT2D eigenvalue weighted by Gasteiger charge is 2.40. The topological polar surface area (TPSA) is 50.2 Å². The van der Waals surface area contributed by atoms with E-state index in [1.54, 1.807) is 0 Å². The average Bonchev–Trinajstić information content (AvgIpc) is 2.52. The van der Waals surface area contributed by atoms with Crippen LogP contribution in [0.3, 0.4) is 0 Å². The van der Waals surface area contributed by atoms with Gasteiger partial charge in [0.05, 0.1) is 5.69 Å². The highest BCUT2D eigenvalue weighted by molar-refractivity contribution is 6.06. The fraction of sp³-hybridized carbons (Fsp3) is 0.636. The number of hydrogen-bond acceptors (Lipinski definition) is 3. The Morgan fingerprint density at radius 1 is 1.38 bits per heavy atom. The van der Waals surface area contributed by atoms with E-state index >= 15 is 0 Å². The summed E-state index contributed by atoms with van der Waals surface area (Å²) in [6.45, 7) is 5.85. The Hall–Kier alpha value is -1.52. The van der Waals surface area contributed by atoms with Gasteiger partial charge in [-0.15, -0.1) is 0 Å². The largest absolute Gasteiger partial charge is 0.344 e. The number of rotatable bonds is 1. The summed E-state index contributed by atoms with van der Waals surface area (Å²) in [5.41, 5.74) is 1.26. The van der Waals surface area contributed by atoms with Gasteiger partial charge in [0.1, 0.15) is 11.2 Å². The first-order valence-electron chi connectivity index (χ1n) is 5.50. The molecule has 0 aliphatic carbocycles. The Balaban J connectivity index is 2.61. The molecule has 0 unspecified atom stereocenters. The number of hydrogen-bond donors (Lipinski definition) is 1. The molecule has 0 spiro atoms. The molecule has 0 saturated carbocycles. The quantitative estimate of drug-likeness (QED) is 0.775. The minimum absolute atomic E-state index is 0.0187. The molecule has 88 valence electrons. The molecule has 1 aliphatic rings. The van der Waals surface area contributed by atoms with Crippen molar-refractivity contribution < 1.29 is 4.79 Å². The number of aryl methyl sites for hydroxylation is 2. The van der Waals surface area contributed by atoms with Gasteiger partial charge in [0.15, 0.2) is 5.82 Å². The molecule has 0 radical (unpaired) electrons. The van der Waals surface area contributed by atoms with Crippen molar-refractivity contribution in [1.82, 2.24) is 9.78 Å². The first-order chi connectivity index (χ1) is 7.39. The van der Waals surface area contributed by atoms with Gasteiger partial charge in [-0.1, -0.05) is 6.92 Å². The molecule has 5 nitrogen and oxygen atoms in total. The highest BCUT2D eigenvalue weighted by atomic mass is 16.2. The normalized spacial score (nSPS) is 18.3. The van der Waals surface area contributed by atoms with Crippen LogP contribution in [-0.4, -0.2) is 28.3 Å². The van der Waals surface area contributed by atoms with E-state index in [1.807, 2.05) is 44.4 Å². The first kappa shape index (κ1) is 11.0. The molecule has 1 aromatic heterocycles. The number of likely N-dealkylation sites (N-methyl/N-ethyl adjacent to an activating group) is 1. The van der Waals surface area contributed by atoms with Crippen LogP contribution in [0.25, 0.3) is 0 Å². The Morgan fingerprint density at radius 3 is 2.56 bits per heavy atom. The second-order valence-electron chi connectivity index (χ2n) is 4.69. The van der Waals surface area contributed by atoms with Gasteiger partial charge in [-0.05, 0) is 20.3 Å². The number of carbonyl (C=O) groups is 1. The molecule has 16 heavy (non-hydrogen) atoms. The van der Waals surface area contributed by atoms with E-state index in [4.69, 9.17) is 0 Å². The lowest BCUT2D eigenvalue weighted by atomic mass is 9.99. The molecule has 0 saturated heterocycles. The van der Waals surface area contributed by atoms with Crippen LogP contribution in [0.15, 0.2) is 0 Å². The maximum atomic E-state index is 12.0. The fourth-order valence-corrected chi connectivity index (χ4v) is 2.01. The number of aromatic nitrogens is 2. The van der Waals surface area contributed by atoms with Gasteiger partial charge in [-0.2, -0.15) is 5.10 Å². The summed E-state index contributed by atoms with van der Waals surface area (Å²) >= 11 is 0. The van der Waals surface area contributed by atoms with Crippen molar-refractivity contribution in [2.24, 2.45) is 7.05 Å². The van der Waals surface area contributed by atoms with E-state index in [0.717, 1.165) is 23.6 Å². The summed E-state index contributed by atoms with van der Waals surface area (Å²) in [6, 6.07) is 0. The van der Waals surface area contributed by atoms with Crippen LogP contribution in [0.4, 0.5) is 11.5 Å². The molecule has 1 aromatic rings. The zero-order chi connectivity index (χ0) is 12.1. The lowest BCUT2D eigenvalue weighted by molar-refractivity contribution is -0.120. The number of nitrogens with zero attached hydrogens (tertiary/aromatic N) is 3. The van der Waals surface area contributed by atoms with Crippen LogP contribution in [0.1, 0.15) is 26.5 Å². The minimum atomic E-state index is -0.536. The number of fused-ring (bicyclic) bond motifs is 1. The monoisotopic (exact) mass is 222 g/mol. The average molecular weight is 222 g/mol. The SMILES string of the molecule is CCc1nn(C)c2c1NC(=O)C(C)(C)N2C. The van der Waals surface area contributed by atoms with Crippen molar-refractivity contribution in [2.75, 3.05) is 17.3 Å². The highest BCUT2D eigenvalue weighted by Crippen LogP contribution is 2.37. The Kier molecular flexibility index (Phi) is 2.22. The van der Waals surface area contributed by atoms with Crippen molar-refractivity contribution in [3.63, 3.8) is 0 Å². The lowest BCUT2D eigenvalue weighted by Crippen LogP contribution is -2.54. The molecule has 2 rings (SSSR count). The molecule has 0 fully saturated rings. The van der Waals surface area contributed by atoms with E-state index in [-0.39, 0.29) is 5.91 Å². The molecular formula is C11H18N4O. The molecule has 0 bridgehead atoms. The van der Waals surface area contributed by atoms with Crippen molar-refractivity contribution in [1.29, 1.82) is 0 Å². The van der Waals surface area contributed by atoms with Crippen LogP contribution in [0.5, 0.6) is 0 Å². The smallest absolute Gasteiger partial charge is 0.249 e. The third-order valence-corrected chi connectivity index (χ3v) is 3.37. The predicted octanol–water partition coefficient (Wildman–Crippen LogP) is 1.15. The summed E-state index contributed by atoms with van der Waals surface area (Å²) in [5, 5.41) is 7.38. The Morgan fingerprint density at radius 2 is 2.00 bits per heavy atom. The summed E-state index contributed by atoms with van der Waals surface area (Å²) in [6.07, 6.45) is 0.817. The molecule has 0 atom stereocenters. The van der Waals surface area contributed by atoms with E-state index in [9.17, 15) is 4.79 Å². The molecule has 2 heterocycles. The zero-order valence-corrected chi connectivity index (χ0v) is 10.5. The minimum Gasteiger partial charge on any atom is -0.344 e. The van der Waals surface area contributed by atoms with Crippen molar-refractivity contribution in [2.45, 2.75) is 32.7 Å². The molecule has 1 aliphatic heterocycles. The van der Waals surface area contributed by atoms with Crippen molar-refractivity contribution in [3.8, 4) is 0 Å². The van der Waals surface area contributed by atoms with Crippen molar-refractivity contribution >= 4 is 17.4 Å². The van der Waals surface area contributed by atoms with E-state index < -0.39 is 5.54 Å². The summed E-state index contributed by atoms with van der Waals surface area (Å²) < 4.78 is 1.83. The van der Waals surface area contributed by atoms with Gasteiger partial charge >= 0.3 is 0 Å². The first-order valence-corrected chi connectivity index (χ1v) is 5.50. The van der Waals surface area contributed by atoms with Gasteiger partial charge < -0.3 is 10.2 Å². The Labute approximate surface area is 95.4 Å². The van der Waals surface area contributed by atoms with Gasteiger partial charge in [-0.3, -0.25) is 9.48 Å². The summed E-state index contributed by atoms with van der Waals surface area (Å²) in [7, 11) is 3.83. The summed E-state index contributed by atoms with van der Waals surface area (Å²) in [4.78, 5) is 14.0. The van der Waals surface area contributed by atoms with Crippen LogP contribution in [0, 0.1) is 0 Å². The van der Waals surface area contributed by atoms with E-state index in [1.165, 1.54) is 0 Å². The number of anilines is 2. The van der Waals surface area contributed by atoms with Gasteiger partial charge in [0.2, 0.25) is 5.91 Å². The molecule has 5 heteroatoms. The Bertz CT molecular complexity index is 447. The summed E-state index contributed by atoms with van der Waals surface area (Å²) in [5.74, 6) is 0.992. The second-order valence-corrected chi connectivity index (χ2v) is 4.69. The zero-order valence-electron chi connectivity index (χ0n) is 10.5. The molecule has 0 aromatic carbocycles. The number of nitrogens with one attached hydrogen (secondary N) is 1. The maximum Gasteiger partial charge on any atom is 0.249 e. The predicted molar refractivity (Wildman–Crippen MR) is 63.7 cm³/mol.